The molecule has 0 unspecified atom stereocenters. The molecule has 3 aromatic carbocycles. The number of fused-ring (bicyclic) bond motifs is 1. The van der Waals surface area contributed by atoms with Crippen molar-refractivity contribution in [3.63, 3.8) is 0 Å². The number of benzene rings is 3. The quantitative estimate of drug-likeness (QED) is 0.326. The molecule has 0 bridgehead atoms. The van der Waals surface area contributed by atoms with Gasteiger partial charge >= 0.3 is 12.4 Å². The maximum absolute atomic E-state index is 13.4. The lowest BCUT2D eigenvalue weighted by molar-refractivity contribution is -0.143. The van der Waals surface area contributed by atoms with Crippen molar-refractivity contribution in [2.75, 3.05) is 4.72 Å². The van der Waals surface area contributed by atoms with Crippen molar-refractivity contribution in [3.05, 3.63) is 77.6 Å². The van der Waals surface area contributed by atoms with Crippen LogP contribution in [0.1, 0.15) is 11.1 Å². The van der Waals surface area contributed by atoms with Crippen molar-refractivity contribution in [1.82, 2.24) is 10.2 Å². The van der Waals surface area contributed by atoms with Crippen LogP contribution in [0.15, 0.2) is 65.6 Å². The predicted octanol–water partition coefficient (Wildman–Crippen LogP) is 6.21. The summed E-state index contributed by atoms with van der Waals surface area (Å²) >= 11 is 0. The number of anilines is 1. The van der Waals surface area contributed by atoms with Gasteiger partial charge in [-0.1, -0.05) is 12.1 Å². The Morgan fingerprint density at radius 3 is 2.09 bits per heavy atom. The zero-order chi connectivity index (χ0) is 24.9. The molecule has 178 valence electrons. The molecule has 34 heavy (non-hydrogen) atoms. The highest BCUT2D eigenvalue weighted by Gasteiger charge is 2.37. The number of nitrogens with one attached hydrogen (secondary N) is 2. The average Bonchev–Trinajstić information content (AvgIpc) is 3.15. The van der Waals surface area contributed by atoms with Crippen LogP contribution in [0.4, 0.5) is 36.4 Å². The number of alkyl halides is 6. The summed E-state index contributed by atoms with van der Waals surface area (Å²) in [5.41, 5.74) is -3.36. The third-order valence-electron chi connectivity index (χ3n) is 4.78. The molecule has 0 aliphatic heterocycles. The van der Waals surface area contributed by atoms with Crippen molar-refractivity contribution < 1.29 is 39.2 Å². The summed E-state index contributed by atoms with van der Waals surface area (Å²) in [5.74, 6) is -0.525. The highest BCUT2D eigenvalue weighted by Crippen LogP contribution is 2.38. The van der Waals surface area contributed by atoms with Gasteiger partial charge in [0.15, 0.2) is 0 Å². The second-order valence-electron chi connectivity index (χ2n) is 7.19. The summed E-state index contributed by atoms with van der Waals surface area (Å²) in [6.45, 7) is 0. The summed E-state index contributed by atoms with van der Waals surface area (Å²) in [4.78, 5) is -0.436. The van der Waals surface area contributed by atoms with E-state index in [1.807, 2.05) is 0 Å². The number of nitrogens with zero attached hydrogens (tertiary/aromatic N) is 1. The van der Waals surface area contributed by atoms with E-state index in [-0.39, 0.29) is 29.5 Å². The van der Waals surface area contributed by atoms with E-state index < -0.39 is 49.9 Å². The van der Waals surface area contributed by atoms with Crippen LogP contribution in [0.25, 0.3) is 22.2 Å². The van der Waals surface area contributed by atoms with Crippen molar-refractivity contribution in [2.24, 2.45) is 0 Å². The van der Waals surface area contributed by atoms with Crippen LogP contribution in [-0.2, 0) is 22.4 Å². The molecule has 0 radical (unpaired) electrons. The molecular formula is C21H12F7N3O2S. The largest absolute Gasteiger partial charge is 0.416 e. The number of hydrogen-bond donors (Lipinski definition) is 2. The van der Waals surface area contributed by atoms with Gasteiger partial charge in [0.1, 0.15) is 5.82 Å². The molecule has 0 saturated carbocycles. The number of sulfonamides is 1. The minimum absolute atomic E-state index is 0.107. The van der Waals surface area contributed by atoms with E-state index in [0.29, 0.717) is 10.9 Å². The minimum atomic E-state index is -5.14. The Labute approximate surface area is 187 Å². The highest BCUT2D eigenvalue weighted by atomic mass is 32.2. The van der Waals surface area contributed by atoms with Crippen LogP contribution in [0.3, 0.4) is 0 Å². The van der Waals surface area contributed by atoms with Crippen molar-refractivity contribution >= 4 is 26.6 Å². The lowest BCUT2D eigenvalue weighted by atomic mass is 10.1. The summed E-state index contributed by atoms with van der Waals surface area (Å²) in [5, 5.41) is 7.10. The zero-order valence-electron chi connectivity index (χ0n) is 16.6. The molecule has 1 heterocycles. The molecule has 1 aromatic heterocycles. The first kappa shape index (κ1) is 23.5. The first-order chi connectivity index (χ1) is 15.7. The monoisotopic (exact) mass is 503 g/mol. The molecule has 2 N–H and O–H groups in total. The fourth-order valence-electron chi connectivity index (χ4n) is 3.25. The fraction of sp³-hybridized carbons (Fsp3) is 0.0952. The van der Waals surface area contributed by atoms with Crippen LogP contribution in [0.5, 0.6) is 0 Å². The van der Waals surface area contributed by atoms with Crippen LogP contribution < -0.4 is 4.72 Å². The summed E-state index contributed by atoms with van der Waals surface area (Å²) in [6, 6.07) is 9.27. The number of aromatic nitrogens is 2. The Hall–Kier alpha value is -3.61. The molecule has 0 saturated heterocycles. The number of rotatable bonds is 4. The summed E-state index contributed by atoms with van der Waals surface area (Å²) in [6.07, 6.45) is -10.3. The van der Waals surface area contributed by atoms with Gasteiger partial charge in [0.05, 0.1) is 32.9 Å². The van der Waals surface area contributed by atoms with Gasteiger partial charge in [-0.15, -0.1) is 0 Å². The highest BCUT2D eigenvalue weighted by molar-refractivity contribution is 7.92. The maximum atomic E-state index is 13.4. The van der Waals surface area contributed by atoms with Gasteiger partial charge in [0.25, 0.3) is 10.0 Å². The predicted molar refractivity (Wildman–Crippen MR) is 109 cm³/mol. The normalized spacial score (nSPS) is 12.8. The number of aromatic amines is 1. The van der Waals surface area contributed by atoms with Crippen LogP contribution in [-0.4, -0.2) is 18.6 Å². The van der Waals surface area contributed by atoms with E-state index in [1.54, 1.807) is 4.72 Å². The molecule has 4 rings (SSSR count). The van der Waals surface area contributed by atoms with E-state index in [0.717, 1.165) is 12.1 Å². The van der Waals surface area contributed by atoms with Crippen LogP contribution in [0, 0.1) is 5.82 Å². The molecule has 0 aliphatic rings. The van der Waals surface area contributed by atoms with Gasteiger partial charge in [0, 0.05) is 10.9 Å². The molecule has 5 nitrogen and oxygen atoms in total. The number of halogens is 7. The third-order valence-corrected chi connectivity index (χ3v) is 6.16. The summed E-state index contributed by atoms with van der Waals surface area (Å²) in [7, 11) is -4.59. The van der Waals surface area contributed by atoms with Crippen LogP contribution in [0.2, 0.25) is 0 Å². The zero-order valence-corrected chi connectivity index (χ0v) is 17.4. The Balaban J connectivity index is 1.74. The van der Waals surface area contributed by atoms with Gasteiger partial charge in [-0.25, -0.2) is 12.8 Å². The fourth-order valence-corrected chi connectivity index (χ4v) is 4.34. The Kier molecular flexibility index (Phi) is 5.55. The molecule has 0 spiro atoms. The number of H-pyrrole nitrogens is 1. The molecule has 0 amide bonds. The molecule has 13 heteroatoms. The molecule has 0 atom stereocenters. The first-order valence-corrected chi connectivity index (χ1v) is 10.8. The standard InChI is InChI=1S/C21H12F7N3O2S/c22-14-4-5-17-18(10-14)29-30-19(17)11-2-1-3-16(6-11)34(32,33)31-15-8-12(20(23,24)25)7-13(9-15)21(26,27)28/h1-10,31H,(H,29,30). The molecule has 4 aromatic rings. The van der Waals surface area contributed by atoms with Gasteiger partial charge in [-0.3, -0.25) is 9.82 Å². The van der Waals surface area contributed by atoms with Gasteiger partial charge in [-0.2, -0.15) is 31.4 Å². The topological polar surface area (TPSA) is 74.8 Å². The van der Waals surface area contributed by atoms with E-state index in [4.69, 9.17) is 0 Å². The maximum Gasteiger partial charge on any atom is 0.416 e. The van der Waals surface area contributed by atoms with Crippen molar-refractivity contribution in [2.45, 2.75) is 17.2 Å². The lowest BCUT2D eigenvalue weighted by Gasteiger charge is -2.15. The number of hydrogen-bond acceptors (Lipinski definition) is 3. The minimum Gasteiger partial charge on any atom is -0.280 e. The van der Waals surface area contributed by atoms with E-state index >= 15 is 0 Å². The van der Waals surface area contributed by atoms with Gasteiger partial charge in [-0.05, 0) is 48.5 Å². The summed E-state index contributed by atoms with van der Waals surface area (Å²) < 4.78 is 119. The van der Waals surface area contributed by atoms with Gasteiger partial charge < -0.3 is 0 Å². The van der Waals surface area contributed by atoms with Crippen molar-refractivity contribution in [1.29, 1.82) is 0 Å². The van der Waals surface area contributed by atoms with E-state index in [9.17, 15) is 39.2 Å². The SMILES string of the molecule is O=S(=O)(Nc1cc(C(F)(F)F)cc(C(F)(F)F)c1)c1cccc(-c2n[nH]c3cc(F)ccc23)c1. The second kappa shape index (κ2) is 8.01. The average molecular weight is 503 g/mol. The smallest absolute Gasteiger partial charge is 0.280 e. The van der Waals surface area contributed by atoms with E-state index in [2.05, 4.69) is 10.2 Å². The third kappa shape index (κ3) is 4.69. The van der Waals surface area contributed by atoms with E-state index in [1.165, 1.54) is 30.3 Å². The second-order valence-corrected chi connectivity index (χ2v) is 8.87. The molecule has 0 aliphatic carbocycles. The lowest BCUT2D eigenvalue weighted by Crippen LogP contribution is -2.16. The van der Waals surface area contributed by atoms with Crippen LogP contribution >= 0.6 is 0 Å². The van der Waals surface area contributed by atoms with Gasteiger partial charge in [0.2, 0.25) is 0 Å². The Morgan fingerprint density at radius 1 is 0.824 bits per heavy atom. The molecule has 0 fully saturated rings. The first-order valence-electron chi connectivity index (χ1n) is 9.30. The molecular weight excluding hydrogens is 491 g/mol. The van der Waals surface area contributed by atoms with Crippen molar-refractivity contribution in [3.8, 4) is 11.3 Å². The Morgan fingerprint density at radius 2 is 1.47 bits per heavy atom. The Bertz CT molecular complexity index is 1460.